The highest BCUT2D eigenvalue weighted by Gasteiger charge is 2.73. The molecule has 1 aromatic rings. The van der Waals surface area contributed by atoms with Crippen LogP contribution in [0.4, 0.5) is 5.69 Å². The van der Waals surface area contributed by atoms with Crippen molar-refractivity contribution in [3.63, 3.8) is 0 Å². The van der Waals surface area contributed by atoms with Crippen LogP contribution in [0.2, 0.25) is 0 Å². The molecule has 1 saturated carbocycles. The molecule has 5 nitrogen and oxygen atoms in total. The van der Waals surface area contributed by atoms with Crippen molar-refractivity contribution < 1.29 is 14.3 Å². The number of carbonyl (C=O) groups is 1. The summed E-state index contributed by atoms with van der Waals surface area (Å²) in [6, 6.07) is 4.69. The number of rotatable bonds is 0. The van der Waals surface area contributed by atoms with E-state index in [0.29, 0.717) is 24.3 Å². The Bertz CT molecular complexity index is 880. The summed E-state index contributed by atoms with van der Waals surface area (Å²) in [5, 5.41) is 0. The van der Waals surface area contributed by atoms with Gasteiger partial charge >= 0.3 is 0 Å². The number of piperidine rings is 2. The lowest BCUT2D eigenvalue weighted by molar-refractivity contribution is -0.127. The third-order valence-electron chi connectivity index (χ3n) is 7.76. The summed E-state index contributed by atoms with van der Waals surface area (Å²) in [5.74, 6) is 2.36. The minimum Gasteiger partial charge on any atom is -0.454 e. The Morgan fingerprint density at radius 1 is 1.16 bits per heavy atom. The minimum atomic E-state index is -0.0598. The molecule has 4 atom stereocenters. The van der Waals surface area contributed by atoms with E-state index in [1.165, 1.54) is 5.56 Å². The molecule has 2 saturated heterocycles. The second-order valence-electron chi connectivity index (χ2n) is 8.54. The molecule has 0 aromatic heterocycles. The van der Waals surface area contributed by atoms with Crippen molar-refractivity contribution in [3.05, 3.63) is 29.8 Å². The summed E-state index contributed by atoms with van der Waals surface area (Å²) in [7, 11) is 0. The van der Waals surface area contributed by atoms with Gasteiger partial charge in [-0.15, -0.1) is 0 Å². The van der Waals surface area contributed by atoms with Crippen LogP contribution in [0.1, 0.15) is 37.2 Å². The summed E-state index contributed by atoms with van der Waals surface area (Å²) in [5.41, 5.74) is 2.40. The van der Waals surface area contributed by atoms with Crippen LogP contribution in [0.5, 0.6) is 11.5 Å². The summed E-state index contributed by atoms with van der Waals surface area (Å²) in [4.78, 5) is 18.2. The molecule has 0 N–H and O–H groups in total. The predicted octanol–water partition coefficient (Wildman–Crippen LogP) is 2.41. The van der Waals surface area contributed by atoms with Gasteiger partial charge in [0, 0.05) is 36.4 Å². The highest BCUT2D eigenvalue weighted by Crippen LogP contribution is 2.69. The third kappa shape index (κ3) is 1.25. The molecule has 0 unspecified atom stereocenters. The third-order valence-corrected chi connectivity index (χ3v) is 7.76. The maximum Gasteiger partial charge on any atom is 0.231 e. The van der Waals surface area contributed by atoms with Gasteiger partial charge in [-0.25, -0.2) is 0 Å². The molecule has 1 amide bonds. The SMILES string of the molecule is O=C1C[C@]23C=CCN4CC[C@@H]5c6cc7c(cc6N1[C@@]5(CC2)[C@@H]43)OCO7. The topological polar surface area (TPSA) is 42.0 Å². The lowest BCUT2D eigenvalue weighted by atomic mass is 9.63. The summed E-state index contributed by atoms with van der Waals surface area (Å²) in [6.45, 7) is 2.44. The zero-order valence-corrected chi connectivity index (χ0v) is 14.0. The van der Waals surface area contributed by atoms with E-state index in [4.69, 9.17) is 9.47 Å². The zero-order valence-electron chi connectivity index (χ0n) is 14.0. The monoisotopic (exact) mass is 336 g/mol. The van der Waals surface area contributed by atoms with Crippen LogP contribution in [0.3, 0.4) is 0 Å². The van der Waals surface area contributed by atoms with Crippen LogP contribution in [0, 0.1) is 5.41 Å². The van der Waals surface area contributed by atoms with Crippen LogP contribution < -0.4 is 14.4 Å². The van der Waals surface area contributed by atoms with Gasteiger partial charge in [-0.3, -0.25) is 9.69 Å². The Balaban J connectivity index is 1.52. The number of nitrogens with zero attached hydrogens (tertiary/aromatic N) is 2. The van der Waals surface area contributed by atoms with Gasteiger partial charge in [-0.2, -0.15) is 0 Å². The Kier molecular flexibility index (Phi) is 2.05. The van der Waals surface area contributed by atoms with Gasteiger partial charge in [0.05, 0.1) is 11.2 Å². The van der Waals surface area contributed by atoms with Crippen molar-refractivity contribution in [2.75, 3.05) is 24.8 Å². The van der Waals surface area contributed by atoms with Crippen LogP contribution in [0.25, 0.3) is 0 Å². The minimum absolute atomic E-state index is 0.0578. The Morgan fingerprint density at radius 2 is 2.04 bits per heavy atom. The molecule has 25 heavy (non-hydrogen) atoms. The van der Waals surface area contributed by atoms with E-state index in [0.717, 1.165) is 49.5 Å². The molecule has 128 valence electrons. The Labute approximate surface area is 146 Å². The van der Waals surface area contributed by atoms with Crippen molar-refractivity contribution in [3.8, 4) is 11.5 Å². The van der Waals surface area contributed by atoms with Gasteiger partial charge in [-0.1, -0.05) is 12.2 Å². The van der Waals surface area contributed by atoms with Crippen molar-refractivity contribution in [2.24, 2.45) is 5.41 Å². The molecule has 1 aliphatic carbocycles. The highest BCUT2D eigenvalue weighted by molar-refractivity contribution is 6.01. The zero-order chi connectivity index (χ0) is 16.4. The van der Waals surface area contributed by atoms with Gasteiger partial charge in [0.2, 0.25) is 12.7 Å². The molecule has 5 heterocycles. The van der Waals surface area contributed by atoms with Crippen LogP contribution in [-0.2, 0) is 4.79 Å². The van der Waals surface area contributed by atoms with Crippen molar-refractivity contribution in [2.45, 2.75) is 43.2 Å². The van der Waals surface area contributed by atoms with E-state index in [1.807, 2.05) is 0 Å². The molecule has 3 fully saturated rings. The quantitative estimate of drug-likeness (QED) is 0.683. The molecule has 5 heteroatoms. The van der Waals surface area contributed by atoms with Crippen molar-refractivity contribution >= 4 is 11.6 Å². The molecule has 2 bridgehead atoms. The average molecular weight is 336 g/mol. The van der Waals surface area contributed by atoms with Gasteiger partial charge in [-0.05, 0) is 37.4 Å². The number of hydrogen-bond acceptors (Lipinski definition) is 4. The average Bonchev–Trinajstić information content (AvgIpc) is 3.25. The largest absolute Gasteiger partial charge is 0.454 e. The predicted molar refractivity (Wildman–Crippen MR) is 90.9 cm³/mol. The number of hydrogen-bond donors (Lipinski definition) is 0. The number of benzene rings is 1. The first-order chi connectivity index (χ1) is 12.2. The first-order valence-electron chi connectivity index (χ1n) is 9.41. The fraction of sp³-hybridized carbons (Fsp3) is 0.550. The normalized spacial score (nSPS) is 41.9. The molecule has 6 aliphatic rings. The van der Waals surface area contributed by atoms with E-state index in [-0.39, 0.29) is 17.7 Å². The Morgan fingerprint density at radius 3 is 2.96 bits per heavy atom. The van der Waals surface area contributed by atoms with Crippen molar-refractivity contribution in [1.82, 2.24) is 4.90 Å². The van der Waals surface area contributed by atoms with Gasteiger partial charge in [0.25, 0.3) is 0 Å². The first-order valence-corrected chi connectivity index (χ1v) is 9.41. The number of amides is 1. The summed E-state index contributed by atoms with van der Waals surface area (Å²) < 4.78 is 11.3. The first kappa shape index (κ1) is 13.2. The molecular weight excluding hydrogens is 316 g/mol. The van der Waals surface area contributed by atoms with E-state index in [1.54, 1.807) is 0 Å². The van der Waals surface area contributed by atoms with Crippen molar-refractivity contribution in [1.29, 1.82) is 0 Å². The molecule has 1 aromatic carbocycles. The molecule has 5 aliphatic heterocycles. The van der Waals surface area contributed by atoms with E-state index >= 15 is 0 Å². The van der Waals surface area contributed by atoms with E-state index in [9.17, 15) is 4.79 Å². The van der Waals surface area contributed by atoms with E-state index in [2.05, 4.69) is 34.1 Å². The van der Waals surface area contributed by atoms with Gasteiger partial charge in [0.15, 0.2) is 11.5 Å². The fourth-order valence-corrected chi connectivity index (χ4v) is 7.15. The second-order valence-corrected chi connectivity index (χ2v) is 8.54. The van der Waals surface area contributed by atoms with Gasteiger partial charge in [0.1, 0.15) is 0 Å². The maximum absolute atomic E-state index is 13.3. The van der Waals surface area contributed by atoms with Crippen LogP contribution in [-0.4, -0.2) is 42.3 Å². The number of anilines is 1. The smallest absolute Gasteiger partial charge is 0.231 e. The number of carbonyl (C=O) groups excluding carboxylic acids is 1. The summed E-state index contributed by atoms with van der Waals surface area (Å²) >= 11 is 0. The molecular formula is C20H20N2O3. The van der Waals surface area contributed by atoms with Crippen LogP contribution in [0.15, 0.2) is 24.3 Å². The molecule has 1 spiro atoms. The van der Waals surface area contributed by atoms with Crippen LogP contribution >= 0.6 is 0 Å². The lowest BCUT2D eigenvalue weighted by Gasteiger charge is -2.59. The lowest BCUT2D eigenvalue weighted by Crippen LogP contribution is -2.72. The maximum atomic E-state index is 13.3. The fourth-order valence-electron chi connectivity index (χ4n) is 7.15. The standard InChI is InChI=1S/C20H20N2O3/c23-17-10-19-3-1-6-21-7-2-13-12-8-15-16(25-11-24-15)9-14(12)22(17)20(13,5-4-19)18(19)21/h1,3,8-9,13,18H,2,4-7,10-11H2/t13-,18+,19+,20-/m1/s1. The summed E-state index contributed by atoms with van der Waals surface area (Å²) in [6.07, 6.45) is 8.69. The number of ether oxygens (including phenoxy) is 2. The second kappa shape index (κ2) is 3.88. The van der Waals surface area contributed by atoms with Gasteiger partial charge < -0.3 is 14.4 Å². The highest BCUT2D eigenvalue weighted by atomic mass is 16.7. The molecule has 7 rings (SSSR count). The Hall–Kier alpha value is -2.01. The molecule has 0 radical (unpaired) electrons. The number of fused-ring (bicyclic) bond motifs is 4. The van der Waals surface area contributed by atoms with E-state index < -0.39 is 0 Å².